The van der Waals surface area contributed by atoms with Crippen molar-refractivity contribution in [1.29, 1.82) is 0 Å². The van der Waals surface area contributed by atoms with Gasteiger partial charge in [0.25, 0.3) is 0 Å². The number of rotatable bonds is 6. The van der Waals surface area contributed by atoms with E-state index >= 15 is 0 Å². The van der Waals surface area contributed by atoms with Crippen molar-refractivity contribution in [2.75, 3.05) is 19.5 Å². The summed E-state index contributed by atoms with van der Waals surface area (Å²) in [5.74, 6) is -1.80. The lowest BCUT2D eigenvalue weighted by molar-refractivity contribution is -0.137. The average Bonchev–Trinajstić information content (AvgIpc) is 3.31. The highest BCUT2D eigenvalue weighted by Crippen LogP contribution is 2.43. The fourth-order valence-corrected chi connectivity index (χ4v) is 5.42. The molecule has 1 aliphatic rings. The number of anilines is 2. The highest BCUT2D eigenvalue weighted by Gasteiger charge is 2.38. The van der Waals surface area contributed by atoms with Gasteiger partial charge >= 0.3 is 11.9 Å². The summed E-state index contributed by atoms with van der Waals surface area (Å²) in [6.07, 6.45) is 0. The first kappa shape index (κ1) is 25.8. The van der Waals surface area contributed by atoms with Gasteiger partial charge in [-0.15, -0.1) is 11.3 Å². The number of hydrogen-bond acceptors (Lipinski definition) is 8. The molecule has 2 heterocycles. The van der Waals surface area contributed by atoms with Crippen molar-refractivity contribution >= 4 is 57.3 Å². The first-order chi connectivity index (χ1) is 17.2. The zero-order chi connectivity index (χ0) is 26.0. The summed E-state index contributed by atoms with van der Waals surface area (Å²) in [7, 11) is 2.62. The van der Waals surface area contributed by atoms with E-state index in [9.17, 15) is 9.59 Å². The standard InChI is InChI=1S/C26H23Cl2N3O4S/c1-13-21(24(32)34-3)23(22(14(2)29-13)25(33)35-4)17-7-5-6-8-19(17)30-26-31-20(12-36-26)16-10-9-15(27)11-18(16)28/h5-12,23,29H,1-4H3,(H,30,31). The molecule has 10 heteroatoms. The van der Waals surface area contributed by atoms with Gasteiger partial charge in [0.05, 0.1) is 42.0 Å². The molecule has 0 spiro atoms. The molecule has 0 fully saturated rings. The van der Waals surface area contributed by atoms with Gasteiger partial charge in [-0.1, -0.05) is 41.4 Å². The topological polar surface area (TPSA) is 89.5 Å². The van der Waals surface area contributed by atoms with Gasteiger partial charge in [-0.05, 0) is 43.7 Å². The predicted octanol–water partition coefficient (Wildman–Crippen LogP) is 6.44. The molecule has 0 saturated heterocycles. The molecule has 2 aromatic carbocycles. The molecule has 0 bridgehead atoms. The van der Waals surface area contributed by atoms with Crippen LogP contribution in [0.15, 0.2) is 70.4 Å². The average molecular weight is 544 g/mol. The fraction of sp³-hybridized carbons (Fsp3) is 0.192. The number of thiazole rings is 1. The third-order valence-corrected chi connectivity index (χ3v) is 7.10. The molecule has 0 aliphatic carbocycles. The molecule has 0 amide bonds. The first-order valence-corrected chi connectivity index (χ1v) is 12.5. The number of aromatic nitrogens is 1. The highest BCUT2D eigenvalue weighted by molar-refractivity contribution is 7.14. The normalized spacial score (nSPS) is 13.9. The van der Waals surface area contributed by atoms with Crippen LogP contribution in [0, 0.1) is 0 Å². The van der Waals surface area contributed by atoms with Gasteiger partial charge in [0, 0.05) is 33.0 Å². The smallest absolute Gasteiger partial charge is 0.336 e. The number of halogens is 2. The van der Waals surface area contributed by atoms with Crippen molar-refractivity contribution in [2.24, 2.45) is 0 Å². The fourth-order valence-electron chi connectivity index (χ4n) is 4.20. The number of carbonyl (C=O) groups excluding carboxylic acids is 2. The molecule has 1 aromatic heterocycles. The largest absolute Gasteiger partial charge is 0.466 e. The zero-order valence-electron chi connectivity index (χ0n) is 19.9. The SMILES string of the molecule is COC(=O)C1=C(C)NC(C)=C(C(=O)OC)C1c1ccccc1Nc1nc(-c2ccc(Cl)cc2Cl)cs1. The molecular weight excluding hydrogens is 521 g/mol. The summed E-state index contributed by atoms with van der Waals surface area (Å²) >= 11 is 13.8. The maximum atomic E-state index is 12.9. The third kappa shape index (κ3) is 4.97. The quantitative estimate of drug-likeness (QED) is 0.345. The van der Waals surface area contributed by atoms with E-state index in [2.05, 4.69) is 15.6 Å². The minimum atomic E-state index is -0.722. The predicted molar refractivity (Wildman–Crippen MR) is 143 cm³/mol. The number of allylic oxidation sites excluding steroid dienone is 2. The third-order valence-electron chi connectivity index (χ3n) is 5.80. The number of para-hydroxylation sites is 1. The summed E-state index contributed by atoms with van der Waals surface area (Å²) in [4.78, 5) is 30.4. The number of benzene rings is 2. The van der Waals surface area contributed by atoms with Crippen LogP contribution in [-0.2, 0) is 19.1 Å². The molecule has 7 nitrogen and oxygen atoms in total. The molecular formula is C26H23Cl2N3O4S. The van der Waals surface area contributed by atoms with Crippen molar-refractivity contribution < 1.29 is 19.1 Å². The summed E-state index contributed by atoms with van der Waals surface area (Å²) in [5, 5.41) is 10.0. The molecule has 4 rings (SSSR count). The number of nitrogens with one attached hydrogen (secondary N) is 2. The first-order valence-electron chi connectivity index (χ1n) is 10.9. The molecule has 1 aliphatic heterocycles. The number of methoxy groups -OCH3 is 2. The van der Waals surface area contributed by atoms with Crippen LogP contribution in [0.2, 0.25) is 10.0 Å². The summed E-state index contributed by atoms with van der Waals surface area (Å²) in [6, 6.07) is 12.7. The van der Waals surface area contributed by atoms with E-state index in [1.165, 1.54) is 25.6 Å². The minimum absolute atomic E-state index is 0.325. The Hall–Kier alpha value is -3.33. The summed E-state index contributed by atoms with van der Waals surface area (Å²) in [5.41, 5.74) is 4.67. The van der Waals surface area contributed by atoms with Crippen molar-refractivity contribution in [1.82, 2.24) is 10.3 Å². The maximum Gasteiger partial charge on any atom is 0.336 e. The van der Waals surface area contributed by atoms with Crippen LogP contribution >= 0.6 is 34.5 Å². The number of hydrogen-bond donors (Lipinski definition) is 2. The van der Waals surface area contributed by atoms with Crippen LogP contribution < -0.4 is 10.6 Å². The molecule has 3 aromatic rings. The van der Waals surface area contributed by atoms with Gasteiger partial charge in [-0.25, -0.2) is 14.6 Å². The molecule has 0 atom stereocenters. The molecule has 0 unspecified atom stereocenters. The lowest BCUT2D eigenvalue weighted by atomic mass is 9.79. The molecule has 0 saturated carbocycles. The van der Waals surface area contributed by atoms with Crippen LogP contribution in [0.25, 0.3) is 11.3 Å². The summed E-state index contributed by atoms with van der Waals surface area (Å²) < 4.78 is 10.1. The van der Waals surface area contributed by atoms with E-state index in [4.69, 9.17) is 32.7 Å². The van der Waals surface area contributed by atoms with Crippen molar-refractivity contribution in [3.63, 3.8) is 0 Å². The van der Waals surface area contributed by atoms with Gasteiger partial charge in [-0.3, -0.25) is 0 Å². The van der Waals surface area contributed by atoms with E-state index in [0.29, 0.717) is 54.7 Å². The molecule has 36 heavy (non-hydrogen) atoms. The van der Waals surface area contributed by atoms with Crippen LogP contribution in [-0.4, -0.2) is 31.1 Å². The Balaban J connectivity index is 1.78. The monoisotopic (exact) mass is 543 g/mol. The number of dihydropyridines is 1. The van der Waals surface area contributed by atoms with Gasteiger partial charge in [-0.2, -0.15) is 0 Å². The highest BCUT2D eigenvalue weighted by atomic mass is 35.5. The van der Waals surface area contributed by atoms with Crippen molar-refractivity contribution in [3.05, 3.63) is 86.0 Å². The lowest BCUT2D eigenvalue weighted by Gasteiger charge is -2.31. The number of carbonyl (C=O) groups is 2. The zero-order valence-corrected chi connectivity index (χ0v) is 22.3. The Morgan fingerprint density at radius 3 is 2.25 bits per heavy atom. The molecule has 2 N–H and O–H groups in total. The van der Waals surface area contributed by atoms with Crippen LogP contribution in [0.3, 0.4) is 0 Å². The second-order valence-corrected chi connectivity index (χ2v) is 9.69. The Labute approximate surface area is 222 Å². The number of ether oxygens (including phenoxy) is 2. The Bertz CT molecular complexity index is 1380. The van der Waals surface area contributed by atoms with Gasteiger partial charge < -0.3 is 20.1 Å². The Morgan fingerprint density at radius 1 is 1.00 bits per heavy atom. The van der Waals surface area contributed by atoms with E-state index in [1.807, 2.05) is 35.7 Å². The lowest BCUT2D eigenvalue weighted by Crippen LogP contribution is -2.32. The van der Waals surface area contributed by atoms with E-state index < -0.39 is 17.9 Å². The van der Waals surface area contributed by atoms with Crippen molar-refractivity contribution in [3.8, 4) is 11.3 Å². The van der Waals surface area contributed by atoms with Crippen LogP contribution in [0.4, 0.5) is 10.8 Å². The van der Waals surface area contributed by atoms with Crippen LogP contribution in [0.5, 0.6) is 0 Å². The Morgan fingerprint density at radius 2 is 1.64 bits per heavy atom. The second kappa shape index (κ2) is 10.7. The van der Waals surface area contributed by atoms with Crippen LogP contribution in [0.1, 0.15) is 25.3 Å². The van der Waals surface area contributed by atoms with Gasteiger partial charge in [0.15, 0.2) is 5.13 Å². The number of nitrogens with zero attached hydrogens (tertiary/aromatic N) is 1. The number of esters is 2. The van der Waals surface area contributed by atoms with E-state index in [-0.39, 0.29) is 0 Å². The van der Waals surface area contributed by atoms with Gasteiger partial charge in [0.2, 0.25) is 0 Å². The Kier molecular flexibility index (Phi) is 7.68. The molecule has 0 radical (unpaired) electrons. The minimum Gasteiger partial charge on any atom is -0.466 e. The van der Waals surface area contributed by atoms with Crippen molar-refractivity contribution in [2.45, 2.75) is 19.8 Å². The van der Waals surface area contributed by atoms with Gasteiger partial charge in [0.1, 0.15) is 0 Å². The summed E-state index contributed by atoms with van der Waals surface area (Å²) in [6.45, 7) is 3.55. The molecule has 186 valence electrons. The maximum absolute atomic E-state index is 12.9. The van der Waals surface area contributed by atoms with E-state index in [0.717, 1.165) is 5.56 Å². The second-order valence-electron chi connectivity index (χ2n) is 7.99. The van der Waals surface area contributed by atoms with E-state index in [1.54, 1.807) is 26.0 Å².